The molecule has 0 aliphatic rings. The number of carbonyl (C=O) groups excluding carboxylic acids is 1. The predicted molar refractivity (Wildman–Crippen MR) is 65.5 cm³/mol. The highest BCUT2D eigenvalue weighted by Crippen LogP contribution is 2.15. The standard InChI is InChI=1S/C11H15FN2O2.ClH/c1-13-7-11(16)14-6-10(15)8-4-2-3-5-9(8)12;/h2-5,10,13,15H,6-7H2,1H3,(H,14,16);1H. The van der Waals surface area contributed by atoms with Crippen molar-refractivity contribution in [3.05, 3.63) is 35.6 Å². The number of aliphatic hydroxyl groups excluding tert-OH is 1. The van der Waals surface area contributed by atoms with E-state index >= 15 is 0 Å². The summed E-state index contributed by atoms with van der Waals surface area (Å²) in [7, 11) is 1.65. The molecule has 0 saturated carbocycles. The summed E-state index contributed by atoms with van der Waals surface area (Å²) in [6, 6.07) is 5.94. The second-order valence-electron chi connectivity index (χ2n) is 3.37. The lowest BCUT2D eigenvalue weighted by Gasteiger charge is -2.12. The quantitative estimate of drug-likeness (QED) is 0.729. The lowest BCUT2D eigenvalue weighted by Crippen LogP contribution is -2.35. The second-order valence-corrected chi connectivity index (χ2v) is 3.37. The first-order chi connectivity index (χ1) is 7.65. The lowest BCUT2D eigenvalue weighted by molar-refractivity contribution is -0.120. The fraction of sp³-hybridized carbons (Fsp3) is 0.364. The highest BCUT2D eigenvalue weighted by Gasteiger charge is 2.12. The van der Waals surface area contributed by atoms with Crippen molar-refractivity contribution in [1.82, 2.24) is 10.6 Å². The molecule has 96 valence electrons. The average molecular weight is 263 g/mol. The fourth-order valence-electron chi connectivity index (χ4n) is 1.29. The van der Waals surface area contributed by atoms with Gasteiger partial charge in [0.15, 0.2) is 0 Å². The molecule has 0 aliphatic carbocycles. The van der Waals surface area contributed by atoms with Gasteiger partial charge in [-0.2, -0.15) is 0 Å². The smallest absolute Gasteiger partial charge is 0.234 e. The number of rotatable bonds is 5. The van der Waals surface area contributed by atoms with Crippen molar-refractivity contribution in [3.8, 4) is 0 Å². The number of nitrogens with one attached hydrogen (secondary N) is 2. The van der Waals surface area contributed by atoms with Gasteiger partial charge in [0.1, 0.15) is 5.82 Å². The highest BCUT2D eigenvalue weighted by molar-refractivity contribution is 5.85. The molecule has 0 radical (unpaired) electrons. The molecule has 0 bridgehead atoms. The van der Waals surface area contributed by atoms with Crippen molar-refractivity contribution < 1.29 is 14.3 Å². The Balaban J connectivity index is 0.00000256. The Kier molecular flexibility index (Phi) is 7.45. The van der Waals surface area contributed by atoms with Crippen LogP contribution < -0.4 is 10.6 Å². The van der Waals surface area contributed by atoms with Crippen LogP contribution in [0.3, 0.4) is 0 Å². The van der Waals surface area contributed by atoms with E-state index in [1.54, 1.807) is 19.2 Å². The van der Waals surface area contributed by atoms with E-state index in [4.69, 9.17) is 0 Å². The summed E-state index contributed by atoms with van der Waals surface area (Å²) in [5, 5.41) is 14.8. The van der Waals surface area contributed by atoms with Gasteiger partial charge in [0, 0.05) is 12.1 Å². The number of aliphatic hydroxyl groups is 1. The first-order valence-corrected chi connectivity index (χ1v) is 4.99. The van der Waals surface area contributed by atoms with Gasteiger partial charge >= 0.3 is 0 Å². The number of hydrogen-bond acceptors (Lipinski definition) is 3. The van der Waals surface area contributed by atoms with E-state index < -0.39 is 11.9 Å². The summed E-state index contributed by atoms with van der Waals surface area (Å²) >= 11 is 0. The molecule has 1 aromatic carbocycles. The van der Waals surface area contributed by atoms with Gasteiger partial charge in [-0.3, -0.25) is 4.79 Å². The maximum atomic E-state index is 13.2. The van der Waals surface area contributed by atoms with Gasteiger partial charge in [0.2, 0.25) is 5.91 Å². The molecular weight excluding hydrogens is 247 g/mol. The maximum absolute atomic E-state index is 13.2. The minimum Gasteiger partial charge on any atom is -0.386 e. The molecular formula is C11H16ClFN2O2. The first-order valence-electron chi connectivity index (χ1n) is 4.99. The Bertz CT molecular complexity index is 363. The van der Waals surface area contributed by atoms with Crippen molar-refractivity contribution in [2.45, 2.75) is 6.10 Å². The van der Waals surface area contributed by atoms with Crippen LogP contribution in [-0.2, 0) is 4.79 Å². The van der Waals surface area contributed by atoms with E-state index in [0.717, 1.165) is 0 Å². The number of hydrogen-bond donors (Lipinski definition) is 3. The van der Waals surface area contributed by atoms with Crippen LogP contribution in [0.2, 0.25) is 0 Å². The van der Waals surface area contributed by atoms with Crippen LogP contribution in [0, 0.1) is 5.82 Å². The number of likely N-dealkylation sites (N-methyl/N-ethyl adjacent to an activating group) is 1. The molecule has 0 spiro atoms. The van der Waals surface area contributed by atoms with Gasteiger partial charge in [-0.1, -0.05) is 18.2 Å². The van der Waals surface area contributed by atoms with Gasteiger partial charge < -0.3 is 15.7 Å². The van der Waals surface area contributed by atoms with Crippen LogP contribution >= 0.6 is 12.4 Å². The molecule has 0 aliphatic heterocycles. The van der Waals surface area contributed by atoms with Gasteiger partial charge in [-0.05, 0) is 13.1 Å². The van der Waals surface area contributed by atoms with Crippen LogP contribution in [-0.4, -0.2) is 31.2 Å². The van der Waals surface area contributed by atoms with Crippen molar-refractivity contribution in [1.29, 1.82) is 0 Å². The molecule has 1 amide bonds. The summed E-state index contributed by atoms with van der Waals surface area (Å²) in [5.74, 6) is -0.712. The SMILES string of the molecule is CNCC(=O)NCC(O)c1ccccc1F.Cl. The molecule has 0 heterocycles. The van der Waals surface area contributed by atoms with Crippen molar-refractivity contribution in [3.63, 3.8) is 0 Å². The van der Waals surface area contributed by atoms with Crippen LogP contribution in [0.4, 0.5) is 4.39 Å². The van der Waals surface area contributed by atoms with Crippen molar-refractivity contribution in [2.75, 3.05) is 20.1 Å². The molecule has 1 unspecified atom stereocenters. The minimum absolute atomic E-state index is 0. The molecule has 17 heavy (non-hydrogen) atoms. The Labute approximate surface area is 106 Å². The van der Waals surface area contributed by atoms with E-state index in [-0.39, 0.29) is 37.0 Å². The lowest BCUT2D eigenvalue weighted by atomic mass is 10.1. The van der Waals surface area contributed by atoms with Crippen LogP contribution in [0.5, 0.6) is 0 Å². The van der Waals surface area contributed by atoms with Crippen molar-refractivity contribution in [2.24, 2.45) is 0 Å². The zero-order valence-corrected chi connectivity index (χ0v) is 10.3. The molecule has 1 atom stereocenters. The Morgan fingerprint density at radius 3 is 2.71 bits per heavy atom. The van der Waals surface area contributed by atoms with E-state index in [9.17, 15) is 14.3 Å². The van der Waals surface area contributed by atoms with Crippen molar-refractivity contribution >= 4 is 18.3 Å². The summed E-state index contributed by atoms with van der Waals surface area (Å²) in [6.07, 6.45) is -1.03. The van der Waals surface area contributed by atoms with E-state index in [1.165, 1.54) is 12.1 Å². The molecule has 6 heteroatoms. The maximum Gasteiger partial charge on any atom is 0.234 e. The fourth-order valence-corrected chi connectivity index (χ4v) is 1.29. The molecule has 0 saturated heterocycles. The van der Waals surface area contributed by atoms with Gasteiger partial charge in [-0.15, -0.1) is 12.4 Å². The van der Waals surface area contributed by atoms with E-state index in [0.29, 0.717) is 0 Å². The zero-order chi connectivity index (χ0) is 12.0. The number of benzene rings is 1. The second kappa shape index (κ2) is 8.00. The van der Waals surface area contributed by atoms with E-state index in [1.807, 2.05) is 0 Å². The average Bonchev–Trinajstić information content (AvgIpc) is 2.27. The normalized spacial score (nSPS) is 11.5. The third-order valence-electron chi connectivity index (χ3n) is 2.09. The van der Waals surface area contributed by atoms with Gasteiger partial charge in [0.05, 0.1) is 12.6 Å². The van der Waals surface area contributed by atoms with Crippen LogP contribution in [0.25, 0.3) is 0 Å². The molecule has 4 nitrogen and oxygen atoms in total. The molecule has 0 fully saturated rings. The number of amides is 1. The highest BCUT2D eigenvalue weighted by atomic mass is 35.5. The van der Waals surface area contributed by atoms with Crippen LogP contribution in [0.1, 0.15) is 11.7 Å². The minimum atomic E-state index is -1.03. The molecule has 3 N–H and O–H groups in total. The van der Waals surface area contributed by atoms with Crippen LogP contribution in [0.15, 0.2) is 24.3 Å². The predicted octanol–water partition coefficient (Wildman–Crippen LogP) is 0.617. The molecule has 1 aromatic rings. The topological polar surface area (TPSA) is 61.4 Å². The largest absolute Gasteiger partial charge is 0.386 e. The Hall–Kier alpha value is -1.17. The number of halogens is 2. The van der Waals surface area contributed by atoms with Gasteiger partial charge in [-0.25, -0.2) is 4.39 Å². The third kappa shape index (κ3) is 5.12. The Morgan fingerprint density at radius 1 is 1.47 bits per heavy atom. The Morgan fingerprint density at radius 2 is 2.12 bits per heavy atom. The van der Waals surface area contributed by atoms with Gasteiger partial charge in [0.25, 0.3) is 0 Å². The zero-order valence-electron chi connectivity index (χ0n) is 9.44. The van der Waals surface area contributed by atoms with E-state index in [2.05, 4.69) is 10.6 Å². The molecule has 1 rings (SSSR count). The number of carbonyl (C=O) groups is 1. The summed E-state index contributed by atoms with van der Waals surface area (Å²) in [5.41, 5.74) is 0.187. The molecule has 0 aromatic heterocycles. The summed E-state index contributed by atoms with van der Waals surface area (Å²) in [6.45, 7) is 0.172. The first kappa shape index (κ1) is 15.8. The third-order valence-corrected chi connectivity index (χ3v) is 2.09. The summed E-state index contributed by atoms with van der Waals surface area (Å²) in [4.78, 5) is 11.1. The summed E-state index contributed by atoms with van der Waals surface area (Å²) < 4.78 is 13.2. The monoisotopic (exact) mass is 262 g/mol.